The smallest absolute Gasteiger partial charge is 0.0334 e. The maximum atomic E-state index is 2.33. The van der Waals surface area contributed by atoms with E-state index in [9.17, 15) is 0 Å². The second-order valence-corrected chi connectivity index (χ2v) is 8.04. The minimum atomic E-state index is 0.140. The Labute approximate surface area is 119 Å². The van der Waals surface area contributed by atoms with Gasteiger partial charge in [0.05, 0.1) is 0 Å². The Bertz CT molecular complexity index is 501. The van der Waals surface area contributed by atoms with Gasteiger partial charge in [-0.1, -0.05) is 40.7 Å². The summed E-state index contributed by atoms with van der Waals surface area (Å²) in [5.74, 6) is 0. The zero-order valence-corrected chi connectivity index (χ0v) is 13.5. The molecule has 2 aromatic heterocycles. The summed E-state index contributed by atoms with van der Waals surface area (Å²) in [5.41, 5.74) is 0.440. The molecule has 2 heterocycles. The first-order valence-corrected chi connectivity index (χ1v) is 8.22. The highest BCUT2D eigenvalue weighted by molar-refractivity contribution is 7.13. The third kappa shape index (κ3) is 2.41. The molecule has 0 amide bonds. The normalized spacial score (nSPS) is 12.9. The maximum absolute atomic E-state index is 2.33. The van der Waals surface area contributed by atoms with Gasteiger partial charge in [0.25, 0.3) is 0 Å². The Hall–Kier alpha value is -0.600. The van der Waals surface area contributed by atoms with Gasteiger partial charge >= 0.3 is 0 Å². The first-order chi connectivity index (χ1) is 8.38. The highest BCUT2D eigenvalue weighted by Gasteiger charge is 2.28. The van der Waals surface area contributed by atoms with Crippen LogP contribution in [0.25, 0.3) is 0 Å². The lowest BCUT2D eigenvalue weighted by molar-refractivity contribution is 0.517. The van der Waals surface area contributed by atoms with Crippen molar-refractivity contribution >= 4 is 22.7 Å². The van der Waals surface area contributed by atoms with Gasteiger partial charge < -0.3 is 0 Å². The summed E-state index contributed by atoms with van der Waals surface area (Å²) >= 11 is 3.83. The molecule has 2 heteroatoms. The molecule has 0 radical (unpaired) electrons. The molecule has 0 unspecified atom stereocenters. The monoisotopic (exact) mass is 278 g/mol. The van der Waals surface area contributed by atoms with Crippen LogP contribution in [0.4, 0.5) is 0 Å². The molecule has 2 rings (SSSR count). The van der Waals surface area contributed by atoms with Gasteiger partial charge in [-0.15, -0.1) is 22.7 Å². The lowest BCUT2D eigenvalue weighted by atomic mass is 9.87. The number of rotatable bonds is 4. The first-order valence-electron chi connectivity index (χ1n) is 6.52. The Kier molecular flexibility index (Phi) is 3.70. The molecule has 0 saturated carbocycles. The van der Waals surface area contributed by atoms with Crippen LogP contribution in [0.15, 0.2) is 29.6 Å². The Balaban J connectivity index is 2.36. The molecule has 0 atom stereocenters. The summed E-state index contributed by atoms with van der Waals surface area (Å²) in [6.45, 7) is 11.6. The van der Waals surface area contributed by atoms with E-state index in [1.807, 2.05) is 22.7 Å². The minimum absolute atomic E-state index is 0.140. The van der Waals surface area contributed by atoms with Gasteiger partial charge in [0.15, 0.2) is 0 Å². The Morgan fingerprint density at radius 3 is 2.17 bits per heavy atom. The number of thiophene rings is 2. The van der Waals surface area contributed by atoms with E-state index in [-0.39, 0.29) is 5.41 Å². The highest BCUT2D eigenvalue weighted by Crippen LogP contribution is 2.41. The van der Waals surface area contributed by atoms with Gasteiger partial charge in [-0.2, -0.15) is 0 Å². The van der Waals surface area contributed by atoms with E-state index in [1.165, 1.54) is 21.1 Å². The molecule has 0 fully saturated rings. The summed E-state index contributed by atoms with van der Waals surface area (Å²) in [5, 5.41) is 2.17. The van der Waals surface area contributed by atoms with Crippen LogP contribution in [0.2, 0.25) is 0 Å². The molecule has 0 N–H and O–H groups in total. The molecule has 18 heavy (non-hydrogen) atoms. The molecule has 0 spiro atoms. The molecule has 0 aromatic carbocycles. The van der Waals surface area contributed by atoms with E-state index < -0.39 is 0 Å². The van der Waals surface area contributed by atoms with E-state index in [1.54, 1.807) is 0 Å². The van der Waals surface area contributed by atoms with Crippen LogP contribution in [0.3, 0.4) is 0 Å². The van der Waals surface area contributed by atoms with Crippen molar-refractivity contribution in [1.82, 2.24) is 0 Å². The summed E-state index contributed by atoms with van der Waals surface area (Å²) in [4.78, 5) is 4.43. The van der Waals surface area contributed by atoms with Gasteiger partial charge in [-0.25, -0.2) is 0 Å². The second kappa shape index (κ2) is 4.82. The van der Waals surface area contributed by atoms with E-state index in [0.717, 1.165) is 0 Å². The van der Waals surface area contributed by atoms with Crippen LogP contribution in [0, 0.1) is 0 Å². The van der Waals surface area contributed by atoms with Crippen LogP contribution in [0.5, 0.6) is 0 Å². The van der Waals surface area contributed by atoms with Crippen LogP contribution in [-0.2, 0) is 10.8 Å². The number of hydrogen-bond donors (Lipinski definition) is 0. The average Bonchev–Trinajstić information content (AvgIpc) is 3.00. The lowest BCUT2D eigenvalue weighted by Gasteiger charge is -2.23. The van der Waals surface area contributed by atoms with Crippen molar-refractivity contribution in [2.75, 3.05) is 0 Å². The fourth-order valence-corrected chi connectivity index (χ4v) is 4.19. The van der Waals surface area contributed by atoms with Crippen molar-refractivity contribution in [1.29, 1.82) is 0 Å². The van der Waals surface area contributed by atoms with Gasteiger partial charge in [0.2, 0.25) is 0 Å². The zero-order chi connectivity index (χ0) is 13.4. The zero-order valence-electron chi connectivity index (χ0n) is 11.9. The Morgan fingerprint density at radius 2 is 1.61 bits per heavy atom. The summed E-state index contributed by atoms with van der Waals surface area (Å²) in [6, 6.07) is 9.03. The summed E-state index contributed by atoms with van der Waals surface area (Å²) in [7, 11) is 0. The van der Waals surface area contributed by atoms with E-state index in [2.05, 4.69) is 64.3 Å². The molecule has 98 valence electrons. The second-order valence-electron chi connectivity index (χ2n) is 6.00. The predicted octanol–water partition coefficient (Wildman–Crippen LogP) is 5.82. The van der Waals surface area contributed by atoms with Crippen LogP contribution in [-0.4, -0.2) is 0 Å². The predicted molar refractivity (Wildman–Crippen MR) is 84.1 cm³/mol. The van der Waals surface area contributed by atoms with Gasteiger partial charge in [0.1, 0.15) is 0 Å². The Morgan fingerprint density at radius 1 is 0.944 bits per heavy atom. The van der Waals surface area contributed by atoms with Crippen molar-refractivity contribution in [3.05, 3.63) is 44.3 Å². The molecule has 0 aliphatic carbocycles. The quantitative estimate of drug-likeness (QED) is 0.660. The standard InChI is InChI=1S/C16H22S2/c1-6-15(2,3)12-9-10-14(18-12)16(4,5)13-8-7-11-17-13/h7-11H,6H2,1-5H3. The maximum Gasteiger partial charge on any atom is 0.0334 e. The van der Waals surface area contributed by atoms with Crippen molar-refractivity contribution in [3.63, 3.8) is 0 Å². The third-order valence-electron chi connectivity index (χ3n) is 3.91. The SMILES string of the molecule is CCC(C)(C)c1ccc(C(C)(C)c2cccs2)s1. The molecule has 0 saturated heterocycles. The van der Waals surface area contributed by atoms with Crippen molar-refractivity contribution in [2.24, 2.45) is 0 Å². The number of hydrogen-bond acceptors (Lipinski definition) is 2. The van der Waals surface area contributed by atoms with Crippen LogP contribution >= 0.6 is 22.7 Å². The molecular weight excluding hydrogens is 256 g/mol. The van der Waals surface area contributed by atoms with Crippen LogP contribution < -0.4 is 0 Å². The summed E-state index contributed by atoms with van der Waals surface area (Å²) < 4.78 is 0. The fraction of sp³-hybridized carbons (Fsp3) is 0.500. The third-order valence-corrected chi connectivity index (χ3v) is 6.88. The van der Waals surface area contributed by atoms with Gasteiger partial charge in [0, 0.05) is 20.0 Å². The van der Waals surface area contributed by atoms with Crippen molar-refractivity contribution in [2.45, 2.75) is 51.9 Å². The van der Waals surface area contributed by atoms with E-state index in [4.69, 9.17) is 0 Å². The van der Waals surface area contributed by atoms with Gasteiger partial charge in [-0.3, -0.25) is 0 Å². The van der Waals surface area contributed by atoms with Crippen molar-refractivity contribution < 1.29 is 0 Å². The van der Waals surface area contributed by atoms with Gasteiger partial charge in [-0.05, 0) is 35.4 Å². The van der Waals surface area contributed by atoms with Crippen LogP contribution in [0.1, 0.15) is 55.7 Å². The van der Waals surface area contributed by atoms with E-state index >= 15 is 0 Å². The lowest BCUT2D eigenvalue weighted by Crippen LogP contribution is -2.16. The van der Waals surface area contributed by atoms with Crippen molar-refractivity contribution in [3.8, 4) is 0 Å². The molecular formula is C16H22S2. The van der Waals surface area contributed by atoms with E-state index in [0.29, 0.717) is 5.41 Å². The topological polar surface area (TPSA) is 0 Å². The molecule has 0 aliphatic heterocycles. The average molecular weight is 278 g/mol. The molecule has 0 nitrogen and oxygen atoms in total. The minimum Gasteiger partial charge on any atom is -0.148 e. The summed E-state index contributed by atoms with van der Waals surface area (Å²) in [6.07, 6.45) is 1.19. The highest BCUT2D eigenvalue weighted by atomic mass is 32.1. The molecule has 0 bridgehead atoms. The molecule has 0 aliphatic rings. The fourth-order valence-electron chi connectivity index (χ4n) is 1.97. The molecule has 2 aromatic rings. The largest absolute Gasteiger partial charge is 0.148 e. The first kappa shape index (κ1) is 13.8.